The Kier molecular flexibility index (Phi) is 11.4. The summed E-state index contributed by atoms with van der Waals surface area (Å²) < 4.78 is 21.4. The maximum absolute atomic E-state index is 16.3. The Bertz CT molecular complexity index is 2100. The van der Waals surface area contributed by atoms with Gasteiger partial charge in [-0.15, -0.1) is 0 Å². The van der Waals surface area contributed by atoms with Gasteiger partial charge in [0.05, 0.1) is 34.3 Å². The SMILES string of the molecule is C1NC2CC1C2.COCC1(/C(N)=C/NN)CC1.Cc1nc2c(F)c(-c3cccc(Cl)c3Cl)c(CCC#N)cc2c2[nH]c(C3CCCN3C(=O)C3CC3)cc12. The van der Waals surface area contributed by atoms with Gasteiger partial charge in [0.15, 0.2) is 5.82 Å². The number of likely N-dealkylation sites (tertiary alicyclic amines) is 1. The number of rotatable bonds is 9. The Morgan fingerprint density at radius 2 is 2.00 bits per heavy atom. The predicted octanol–water partition coefficient (Wildman–Crippen LogP) is 7.71. The number of carbonyl (C=O) groups excluding carboxylic acids is 1. The van der Waals surface area contributed by atoms with Crippen LogP contribution in [0.3, 0.4) is 0 Å². The minimum absolute atomic E-state index is 0.0117. The van der Waals surface area contributed by atoms with Crippen molar-refractivity contribution >= 4 is 50.9 Å². The third kappa shape index (κ3) is 7.64. The van der Waals surface area contributed by atoms with Gasteiger partial charge in [-0.1, -0.05) is 35.3 Å². The fourth-order valence-electron chi connectivity index (χ4n) is 8.26. The molecule has 5 heterocycles. The number of aromatic amines is 1. The minimum Gasteiger partial charge on any atom is -0.400 e. The van der Waals surface area contributed by atoms with Crippen molar-refractivity contribution in [1.82, 2.24) is 25.6 Å². The predicted molar refractivity (Wildman–Crippen MR) is 212 cm³/mol. The van der Waals surface area contributed by atoms with E-state index in [2.05, 4.69) is 32.8 Å². The summed E-state index contributed by atoms with van der Waals surface area (Å²) in [7, 11) is 1.68. The molecule has 6 fully saturated rings. The zero-order chi connectivity index (χ0) is 38.1. The van der Waals surface area contributed by atoms with Gasteiger partial charge in [-0.05, 0) is 101 Å². The van der Waals surface area contributed by atoms with Crippen molar-refractivity contribution in [2.75, 3.05) is 26.8 Å². The fraction of sp³-hybridized carbons (Fsp3) is 0.488. The zero-order valence-corrected chi connectivity index (χ0v) is 32.4. The fourth-order valence-corrected chi connectivity index (χ4v) is 8.65. The van der Waals surface area contributed by atoms with Crippen LogP contribution in [0, 0.1) is 41.3 Å². The number of nitrogens with zero attached hydrogens (tertiary/aromatic N) is 3. The molecule has 3 aliphatic carbocycles. The van der Waals surface area contributed by atoms with Crippen LogP contribution in [0.5, 0.6) is 0 Å². The summed E-state index contributed by atoms with van der Waals surface area (Å²) in [6, 6.07) is 12.2. The lowest BCUT2D eigenvalue weighted by Gasteiger charge is -2.24. The third-order valence-electron chi connectivity index (χ3n) is 11.7. The lowest BCUT2D eigenvalue weighted by molar-refractivity contribution is -0.133. The van der Waals surface area contributed by atoms with Crippen molar-refractivity contribution in [2.24, 2.45) is 28.8 Å². The number of hydrogen-bond acceptors (Lipinski definition) is 8. The van der Waals surface area contributed by atoms with Gasteiger partial charge in [0, 0.05) is 82.6 Å². The van der Waals surface area contributed by atoms with Gasteiger partial charge in [-0.25, -0.2) is 9.37 Å². The molecule has 13 heteroatoms. The van der Waals surface area contributed by atoms with Gasteiger partial charge in [-0.3, -0.25) is 10.6 Å². The van der Waals surface area contributed by atoms with E-state index < -0.39 is 5.82 Å². The van der Waals surface area contributed by atoms with E-state index in [-0.39, 0.29) is 40.2 Å². The number of nitriles is 1. The Balaban J connectivity index is 0.000000215. The van der Waals surface area contributed by atoms with E-state index in [4.69, 9.17) is 39.5 Å². The van der Waals surface area contributed by atoms with Gasteiger partial charge >= 0.3 is 0 Å². The molecule has 10 nitrogen and oxygen atoms in total. The van der Waals surface area contributed by atoms with E-state index in [0.717, 1.165) is 79.3 Å². The molecule has 3 saturated heterocycles. The molecule has 1 atom stereocenters. The van der Waals surface area contributed by atoms with Crippen LogP contribution in [-0.2, 0) is 16.0 Å². The van der Waals surface area contributed by atoms with E-state index in [0.29, 0.717) is 45.8 Å². The number of hydrogen-bond donors (Lipinski definition) is 5. The van der Waals surface area contributed by atoms with Gasteiger partial charge < -0.3 is 31.1 Å². The summed E-state index contributed by atoms with van der Waals surface area (Å²) in [6.45, 7) is 4.64. The topological polar surface area (TPSA) is 158 Å². The number of nitrogens with two attached hydrogens (primary N) is 2. The number of benzene rings is 2. The Hall–Kier alpha value is -3.92. The average Bonchev–Trinajstić information content (AvgIpc) is 3.84. The molecular formula is C41H49Cl2FN8O2. The normalized spacial score (nSPS) is 22.2. The molecule has 6 aliphatic rings. The van der Waals surface area contributed by atoms with E-state index in [1.54, 1.807) is 31.5 Å². The molecule has 1 amide bonds. The number of nitrogens with one attached hydrogen (secondary N) is 3. The summed E-state index contributed by atoms with van der Waals surface area (Å²) in [5, 5.41) is 14.8. The molecule has 0 radical (unpaired) electrons. The molecule has 3 saturated carbocycles. The van der Waals surface area contributed by atoms with Crippen molar-refractivity contribution in [3.63, 3.8) is 0 Å². The first-order chi connectivity index (χ1) is 26.1. The Morgan fingerprint density at radius 3 is 2.61 bits per heavy atom. The molecule has 4 aromatic rings. The number of hydrazine groups is 1. The number of aryl methyl sites for hydroxylation is 2. The standard InChI is InChI=1S/C29H25Cl2FN4O.C7H15N3O.C5H9N/c1-15-19-14-22(23-8-4-12-36(23)29(37)16-9-10-16)35-27(19)20-13-17(5-3-11-33)24(26(32)28(20)34-15)18-6-2-7-21(30)25(18)31;1-11-5-7(2-3-7)6(8)4-10-9;1-4-2-5(1)6-3-4/h2,6-7,13-14,16,23,35H,3-5,8-10,12H2,1H3;4,10H,2-3,5,8-9H2,1H3;4-6H,1-3H2/b;6-4-;. The van der Waals surface area contributed by atoms with E-state index >= 15 is 4.39 Å². The lowest BCUT2D eigenvalue weighted by atomic mass is 9.87. The molecule has 7 N–H and O–H groups in total. The second-order valence-electron chi connectivity index (χ2n) is 15.5. The van der Waals surface area contributed by atoms with Gasteiger partial charge in [0.2, 0.25) is 5.91 Å². The van der Waals surface area contributed by atoms with Crippen LogP contribution in [0.2, 0.25) is 10.0 Å². The molecule has 2 bridgehead atoms. The number of ether oxygens (including phenoxy) is 1. The molecular weight excluding hydrogens is 726 g/mol. The number of aromatic nitrogens is 2. The number of amides is 1. The summed E-state index contributed by atoms with van der Waals surface area (Å²) in [4.78, 5) is 23.1. The maximum Gasteiger partial charge on any atom is 0.226 e. The van der Waals surface area contributed by atoms with E-state index in [1.807, 2.05) is 17.9 Å². The van der Waals surface area contributed by atoms with Gasteiger partial charge in [0.25, 0.3) is 0 Å². The minimum atomic E-state index is -0.484. The highest BCUT2D eigenvalue weighted by Crippen LogP contribution is 2.50. The first-order valence-electron chi connectivity index (χ1n) is 19.0. The number of pyridine rings is 1. The van der Waals surface area contributed by atoms with Crippen molar-refractivity contribution in [2.45, 2.75) is 83.2 Å². The van der Waals surface area contributed by atoms with E-state index in [9.17, 15) is 10.1 Å². The van der Waals surface area contributed by atoms with Crippen LogP contribution in [0.25, 0.3) is 32.9 Å². The highest BCUT2D eigenvalue weighted by atomic mass is 35.5. The third-order valence-corrected chi connectivity index (χ3v) is 12.5. The highest BCUT2D eigenvalue weighted by molar-refractivity contribution is 6.43. The van der Waals surface area contributed by atoms with Crippen LogP contribution in [0.4, 0.5) is 4.39 Å². The quantitative estimate of drug-likeness (QED) is 0.0855. The second-order valence-corrected chi connectivity index (χ2v) is 16.3. The number of halogens is 3. The summed E-state index contributed by atoms with van der Waals surface area (Å²) in [6.07, 6.45) is 11.2. The molecule has 1 unspecified atom stereocenters. The monoisotopic (exact) mass is 774 g/mol. The van der Waals surface area contributed by atoms with Crippen molar-refractivity contribution in [3.8, 4) is 17.2 Å². The van der Waals surface area contributed by atoms with E-state index in [1.165, 1.54) is 19.4 Å². The molecule has 2 aromatic carbocycles. The summed E-state index contributed by atoms with van der Waals surface area (Å²) >= 11 is 12.8. The highest BCUT2D eigenvalue weighted by Gasteiger charge is 2.45. The molecule has 54 heavy (non-hydrogen) atoms. The molecule has 286 valence electrons. The average molecular weight is 776 g/mol. The first-order valence-corrected chi connectivity index (χ1v) is 19.7. The van der Waals surface area contributed by atoms with Crippen LogP contribution in [0.1, 0.15) is 80.8 Å². The molecule has 2 aromatic heterocycles. The maximum atomic E-state index is 16.3. The van der Waals surface area contributed by atoms with Crippen LogP contribution >= 0.6 is 23.2 Å². The molecule has 0 spiro atoms. The summed E-state index contributed by atoms with van der Waals surface area (Å²) in [5.74, 6) is 6.11. The lowest BCUT2D eigenvalue weighted by Crippen LogP contribution is -2.31. The van der Waals surface area contributed by atoms with Crippen LogP contribution < -0.4 is 22.3 Å². The first kappa shape index (κ1) is 38.4. The molecule has 3 aliphatic heterocycles. The number of carbonyl (C=O) groups is 1. The summed E-state index contributed by atoms with van der Waals surface area (Å²) in [5.41, 5.74) is 13.2. The Labute approximate surface area is 325 Å². The van der Waals surface area contributed by atoms with Crippen molar-refractivity contribution in [1.29, 1.82) is 5.26 Å². The Morgan fingerprint density at radius 1 is 1.22 bits per heavy atom. The zero-order valence-electron chi connectivity index (χ0n) is 30.9. The van der Waals surface area contributed by atoms with Crippen molar-refractivity contribution in [3.05, 3.63) is 75.0 Å². The van der Waals surface area contributed by atoms with Crippen molar-refractivity contribution < 1.29 is 13.9 Å². The number of fused-ring (bicyclic) bond motifs is 4. The number of H-pyrrole nitrogens is 1. The van der Waals surface area contributed by atoms with Crippen LogP contribution in [-0.4, -0.2) is 53.6 Å². The van der Waals surface area contributed by atoms with Gasteiger partial charge in [-0.2, -0.15) is 5.26 Å². The van der Waals surface area contributed by atoms with Gasteiger partial charge in [0.1, 0.15) is 5.52 Å². The number of methoxy groups -OCH3 is 1. The smallest absolute Gasteiger partial charge is 0.226 e. The van der Waals surface area contributed by atoms with Crippen LogP contribution in [0.15, 0.2) is 42.2 Å². The molecule has 10 rings (SSSR count). The largest absolute Gasteiger partial charge is 0.400 e. The second kappa shape index (κ2) is 16.0.